The van der Waals surface area contributed by atoms with E-state index in [4.69, 9.17) is 0 Å². The number of hydrogen-bond acceptors (Lipinski definition) is 4. The third-order valence-corrected chi connectivity index (χ3v) is 8.16. The fourth-order valence-electron chi connectivity index (χ4n) is 6.16. The number of nitrogens with zero attached hydrogens (tertiary/aromatic N) is 3. The average molecular weight is 526 g/mol. The van der Waals surface area contributed by atoms with E-state index in [-0.39, 0.29) is 17.8 Å². The van der Waals surface area contributed by atoms with Crippen molar-refractivity contribution in [3.63, 3.8) is 0 Å². The van der Waals surface area contributed by atoms with Crippen LogP contribution in [0.5, 0.6) is 5.75 Å². The first-order valence-corrected chi connectivity index (χ1v) is 14.0. The molecule has 39 heavy (non-hydrogen) atoms. The van der Waals surface area contributed by atoms with Crippen molar-refractivity contribution >= 4 is 16.9 Å². The van der Waals surface area contributed by atoms with Gasteiger partial charge in [-0.3, -0.25) is 9.80 Å². The van der Waals surface area contributed by atoms with E-state index in [0.717, 1.165) is 48.1 Å². The Morgan fingerprint density at radius 2 is 1.69 bits per heavy atom. The summed E-state index contributed by atoms with van der Waals surface area (Å²) in [6.45, 7) is 9.32. The van der Waals surface area contributed by atoms with Crippen molar-refractivity contribution in [1.29, 1.82) is 0 Å². The Bertz CT molecular complexity index is 1420. The molecule has 6 heteroatoms. The van der Waals surface area contributed by atoms with Crippen LogP contribution >= 0.6 is 0 Å². The molecule has 1 aliphatic rings. The highest BCUT2D eigenvalue weighted by molar-refractivity contribution is 5.84. The van der Waals surface area contributed by atoms with E-state index < -0.39 is 12.0 Å². The maximum absolute atomic E-state index is 12.1. The predicted molar refractivity (Wildman–Crippen MR) is 156 cm³/mol. The molecule has 4 atom stereocenters. The maximum atomic E-state index is 12.1. The Hall–Kier alpha value is -3.61. The number of aromatic hydroxyl groups is 1. The molecule has 1 unspecified atom stereocenters. The molecular formula is C33H39N3O3. The lowest BCUT2D eigenvalue weighted by Crippen LogP contribution is -2.56. The topological polar surface area (TPSA) is 68.9 Å². The van der Waals surface area contributed by atoms with Crippen LogP contribution in [-0.4, -0.2) is 55.7 Å². The van der Waals surface area contributed by atoms with Crippen molar-refractivity contribution in [3.8, 4) is 5.75 Å². The molecule has 1 saturated heterocycles. The summed E-state index contributed by atoms with van der Waals surface area (Å²) < 4.78 is 1.91. The van der Waals surface area contributed by atoms with Crippen LogP contribution in [-0.2, 0) is 11.3 Å². The molecule has 0 aliphatic carbocycles. The van der Waals surface area contributed by atoms with E-state index in [2.05, 4.69) is 78.2 Å². The largest absolute Gasteiger partial charge is 0.508 e. The number of hydrogen-bond donors (Lipinski definition) is 2. The van der Waals surface area contributed by atoms with Crippen molar-refractivity contribution in [1.82, 2.24) is 14.4 Å². The molecule has 204 valence electrons. The van der Waals surface area contributed by atoms with E-state index in [1.807, 2.05) is 35.9 Å². The smallest absolute Gasteiger partial charge is 0.326 e. The number of fused-ring (bicyclic) bond motifs is 1. The fraction of sp³-hybridized carbons (Fsp3) is 0.364. The van der Waals surface area contributed by atoms with Gasteiger partial charge >= 0.3 is 5.97 Å². The second-order valence-corrected chi connectivity index (χ2v) is 11.0. The predicted octanol–water partition coefficient (Wildman–Crippen LogP) is 6.46. The third-order valence-electron chi connectivity index (χ3n) is 8.16. The van der Waals surface area contributed by atoms with Gasteiger partial charge in [0.2, 0.25) is 0 Å². The third kappa shape index (κ3) is 5.72. The van der Waals surface area contributed by atoms with Gasteiger partial charge in [0.25, 0.3) is 0 Å². The SMILES string of the molecule is CCCC(C(=O)O)n1ccc2ccc([C@H](c3cccc(O)c3)N3C[C@@H](C)N(Cc4ccccc4)C[C@@H]3C)cc21. The molecule has 1 aromatic heterocycles. The van der Waals surface area contributed by atoms with Crippen LogP contribution in [0.4, 0.5) is 0 Å². The van der Waals surface area contributed by atoms with Gasteiger partial charge in [0.05, 0.1) is 6.04 Å². The molecule has 1 aliphatic heterocycles. The van der Waals surface area contributed by atoms with Gasteiger partial charge in [0.1, 0.15) is 11.8 Å². The zero-order valence-electron chi connectivity index (χ0n) is 23.1. The molecule has 2 heterocycles. The monoisotopic (exact) mass is 525 g/mol. The summed E-state index contributed by atoms with van der Waals surface area (Å²) in [7, 11) is 0. The van der Waals surface area contributed by atoms with Crippen LogP contribution in [0.25, 0.3) is 10.9 Å². The second-order valence-electron chi connectivity index (χ2n) is 11.0. The molecule has 3 aromatic carbocycles. The number of carboxylic acid groups (broad SMARTS) is 1. The zero-order valence-corrected chi connectivity index (χ0v) is 23.1. The number of aliphatic carboxylic acids is 1. The highest BCUT2D eigenvalue weighted by Gasteiger charge is 2.35. The minimum atomic E-state index is -0.804. The molecular weight excluding hydrogens is 486 g/mol. The Labute approximate surface area is 231 Å². The molecule has 5 rings (SSSR count). The standard InChI is InChI=1S/C33H39N3O3/c1-4-9-30(33(38)39)35-17-16-26-14-15-28(19-31(26)35)32(27-12-8-13-29(37)18-27)36-21-23(2)34(20-24(36)3)22-25-10-6-5-7-11-25/h5-8,10-19,23-24,30,32,37H,4,9,20-22H2,1-3H3,(H,38,39)/t23-,24+,30?,32+/m1/s1. The summed E-state index contributed by atoms with van der Waals surface area (Å²) in [6, 6.07) is 26.5. The molecule has 0 amide bonds. The molecule has 0 radical (unpaired) electrons. The van der Waals surface area contributed by atoms with Crippen LogP contribution in [0.2, 0.25) is 0 Å². The average Bonchev–Trinajstić information content (AvgIpc) is 3.33. The first-order chi connectivity index (χ1) is 18.9. The summed E-state index contributed by atoms with van der Waals surface area (Å²) in [4.78, 5) is 17.2. The number of aromatic nitrogens is 1. The summed E-state index contributed by atoms with van der Waals surface area (Å²) in [5.74, 6) is -0.555. The lowest BCUT2D eigenvalue weighted by atomic mass is 9.92. The highest BCUT2D eigenvalue weighted by atomic mass is 16.4. The van der Waals surface area contributed by atoms with Crippen LogP contribution in [0.1, 0.15) is 62.4 Å². The van der Waals surface area contributed by atoms with E-state index >= 15 is 0 Å². The van der Waals surface area contributed by atoms with Gasteiger partial charge in [-0.2, -0.15) is 0 Å². The highest BCUT2D eigenvalue weighted by Crippen LogP contribution is 2.37. The van der Waals surface area contributed by atoms with Crippen LogP contribution in [0.3, 0.4) is 0 Å². The Balaban J connectivity index is 1.52. The van der Waals surface area contributed by atoms with E-state index in [9.17, 15) is 15.0 Å². The lowest BCUT2D eigenvalue weighted by Gasteiger charge is -2.47. The number of benzene rings is 3. The molecule has 6 nitrogen and oxygen atoms in total. The number of phenols is 1. The van der Waals surface area contributed by atoms with Crippen molar-refractivity contribution in [2.45, 2.75) is 64.3 Å². The summed E-state index contributed by atoms with van der Waals surface area (Å²) in [5, 5.41) is 21.4. The van der Waals surface area contributed by atoms with Crippen LogP contribution in [0.15, 0.2) is 85.1 Å². The van der Waals surface area contributed by atoms with Gasteiger partial charge < -0.3 is 14.8 Å². The summed E-state index contributed by atoms with van der Waals surface area (Å²) >= 11 is 0. The fourth-order valence-corrected chi connectivity index (χ4v) is 6.16. The first kappa shape index (κ1) is 27.0. The van der Waals surface area contributed by atoms with Crippen LogP contribution in [0, 0.1) is 0 Å². The maximum Gasteiger partial charge on any atom is 0.326 e. The number of carbonyl (C=O) groups is 1. The Morgan fingerprint density at radius 3 is 2.41 bits per heavy atom. The number of rotatable bonds is 9. The molecule has 2 N–H and O–H groups in total. The van der Waals surface area contributed by atoms with E-state index in [1.165, 1.54) is 5.56 Å². The summed E-state index contributed by atoms with van der Waals surface area (Å²) in [6.07, 6.45) is 3.28. The number of piperazine rings is 1. The normalized spacial score (nSPS) is 20.2. The van der Waals surface area contributed by atoms with Crippen molar-refractivity contribution in [2.75, 3.05) is 13.1 Å². The van der Waals surface area contributed by atoms with Gasteiger partial charge in [-0.1, -0.05) is 67.9 Å². The van der Waals surface area contributed by atoms with Gasteiger partial charge in [-0.25, -0.2) is 4.79 Å². The van der Waals surface area contributed by atoms with E-state index in [0.29, 0.717) is 12.5 Å². The zero-order chi connectivity index (χ0) is 27.5. The summed E-state index contributed by atoms with van der Waals surface area (Å²) in [5.41, 5.74) is 4.39. The lowest BCUT2D eigenvalue weighted by molar-refractivity contribution is -0.141. The molecule has 0 bridgehead atoms. The Kier molecular flexibility index (Phi) is 8.05. The Morgan fingerprint density at radius 1 is 0.923 bits per heavy atom. The van der Waals surface area contributed by atoms with E-state index in [1.54, 1.807) is 6.07 Å². The van der Waals surface area contributed by atoms with Gasteiger partial charge in [0, 0.05) is 43.4 Å². The number of carboxylic acids is 1. The molecule has 1 fully saturated rings. The molecule has 0 saturated carbocycles. The van der Waals surface area contributed by atoms with Crippen molar-refractivity contribution in [2.24, 2.45) is 0 Å². The van der Waals surface area contributed by atoms with Crippen molar-refractivity contribution < 1.29 is 15.0 Å². The van der Waals surface area contributed by atoms with Gasteiger partial charge in [-0.05, 0) is 66.6 Å². The van der Waals surface area contributed by atoms with Crippen molar-refractivity contribution in [3.05, 3.63) is 102 Å². The van der Waals surface area contributed by atoms with Gasteiger partial charge in [0.15, 0.2) is 0 Å². The first-order valence-electron chi connectivity index (χ1n) is 14.0. The minimum absolute atomic E-state index is 0.0735. The molecule has 4 aromatic rings. The van der Waals surface area contributed by atoms with Crippen LogP contribution < -0.4 is 0 Å². The quantitative estimate of drug-likeness (QED) is 0.263. The number of phenolic OH excluding ortho intramolecular Hbond substituents is 1. The molecule has 0 spiro atoms. The second kappa shape index (κ2) is 11.6. The minimum Gasteiger partial charge on any atom is -0.508 e. The van der Waals surface area contributed by atoms with Gasteiger partial charge in [-0.15, -0.1) is 0 Å².